The predicted octanol–water partition coefficient (Wildman–Crippen LogP) is 2.37. The van der Waals surface area contributed by atoms with Crippen LogP contribution in [0.5, 0.6) is 0 Å². The van der Waals surface area contributed by atoms with Crippen LogP contribution in [-0.2, 0) is 15.3 Å². The second-order valence-electron chi connectivity index (χ2n) is 12.1. The van der Waals surface area contributed by atoms with E-state index < -0.39 is 11.8 Å². The number of carbonyl (C=O) groups is 1. The number of hydrogen-bond acceptors (Lipinski definition) is 5. The first-order valence-corrected chi connectivity index (χ1v) is 14.3. The van der Waals surface area contributed by atoms with Crippen molar-refractivity contribution in [1.82, 2.24) is 4.90 Å². The largest absolute Gasteiger partial charge is 0.461 e. The summed E-state index contributed by atoms with van der Waals surface area (Å²) in [5, 5.41) is 23.8. The van der Waals surface area contributed by atoms with E-state index in [-0.39, 0.29) is 29.3 Å². The Morgan fingerprint density at radius 3 is 2.26 bits per heavy atom. The van der Waals surface area contributed by atoms with Crippen LogP contribution in [0.1, 0.15) is 44.2 Å². The summed E-state index contributed by atoms with van der Waals surface area (Å²) in [5.41, 5.74) is 1.52. The Labute approximate surface area is 225 Å². The van der Waals surface area contributed by atoms with Gasteiger partial charge in [0.05, 0.1) is 38.8 Å². The van der Waals surface area contributed by atoms with E-state index >= 15 is 0 Å². The number of fused-ring (bicyclic) bond motifs is 2. The van der Waals surface area contributed by atoms with Crippen molar-refractivity contribution in [2.24, 2.45) is 23.2 Å². The molecule has 0 amide bonds. The van der Waals surface area contributed by atoms with E-state index in [0.29, 0.717) is 25.6 Å². The summed E-state index contributed by atoms with van der Waals surface area (Å²) < 4.78 is 5.91. The third-order valence-corrected chi connectivity index (χ3v) is 10.4. The lowest BCUT2D eigenvalue weighted by molar-refractivity contribution is -0.908. The molecule has 0 unspecified atom stereocenters. The second kappa shape index (κ2) is 9.91. The molecule has 38 heavy (non-hydrogen) atoms. The Balaban J connectivity index is 1.18. The van der Waals surface area contributed by atoms with Gasteiger partial charge in [0.15, 0.2) is 5.72 Å². The number of rotatable bonds is 5. The molecule has 6 rings (SSSR count). The molecule has 0 bridgehead atoms. The van der Waals surface area contributed by atoms with Gasteiger partial charge in [-0.1, -0.05) is 86.2 Å². The van der Waals surface area contributed by atoms with Gasteiger partial charge in [-0.3, -0.25) is 9.69 Å². The van der Waals surface area contributed by atoms with Crippen LogP contribution in [0.25, 0.3) is 0 Å². The maximum atomic E-state index is 13.1. The van der Waals surface area contributed by atoms with E-state index in [1.807, 2.05) is 60.7 Å². The molecule has 2 heterocycles. The van der Waals surface area contributed by atoms with Crippen LogP contribution in [0.3, 0.4) is 0 Å². The van der Waals surface area contributed by atoms with Gasteiger partial charge in [-0.15, -0.1) is 0 Å². The molecule has 6 atom stereocenters. The van der Waals surface area contributed by atoms with E-state index in [4.69, 9.17) is 4.74 Å². The number of piperazine rings is 1. The van der Waals surface area contributed by atoms with Gasteiger partial charge in [-0.2, -0.15) is 0 Å². The van der Waals surface area contributed by atoms with Gasteiger partial charge in [-0.05, 0) is 18.8 Å². The molecule has 3 N–H and O–H groups in total. The Kier molecular flexibility index (Phi) is 6.71. The highest BCUT2D eigenvalue weighted by Crippen LogP contribution is 2.55. The average molecular weight is 518 g/mol. The summed E-state index contributed by atoms with van der Waals surface area (Å²) in [4.78, 5) is 16.6. The normalized spacial score (nSPS) is 34.3. The quantitative estimate of drug-likeness (QED) is 0.420. The first-order valence-electron chi connectivity index (χ1n) is 14.3. The second-order valence-corrected chi connectivity index (χ2v) is 12.1. The summed E-state index contributed by atoms with van der Waals surface area (Å²) in [6, 6.07) is 19.8. The molecule has 0 spiro atoms. The number of quaternary nitrogens is 1. The lowest BCUT2D eigenvalue weighted by Gasteiger charge is -2.51. The van der Waals surface area contributed by atoms with Crippen LogP contribution in [0.2, 0.25) is 0 Å². The summed E-state index contributed by atoms with van der Waals surface area (Å²) in [5.74, 6) is -0.193. The van der Waals surface area contributed by atoms with Gasteiger partial charge in [0, 0.05) is 28.9 Å². The predicted molar refractivity (Wildman–Crippen MR) is 145 cm³/mol. The SMILES string of the molecule is C[C@H]1CCC=C2C[C@H]3OC(=O)[C@@H](C[NH+]4CCN(C(O)(c5ccccc5)c5ccccc5)CC4)[C@H]3[C@@H](O)[C@@]21C. The minimum absolute atomic E-state index is 0.144. The van der Waals surface area contributed by atoms with Crippen molar-refractivity contribution in [3.05, 3.63) is 83.4 Å². The summed E-state index contributed by atoms with van der Waals surface area (Å²) in [7, 11) is 0. The number of carbonyl (C=O) groups excluding carboxylic acids is 1. The summed E-state index contributed by atoms with van der Waals surface area (Å²) in [6.07, 6.45) is 4.38. The van der Waals surface area contributed by atoms with Gasteiger partial charge in [0.2, 0.25) is 0 Å². The number of allylic oxidation sites excluding steroid dienone is 1. The number of esters is 1. The fraction of sp³-hybridized carbons (Fsp3) is 0.531. The van der Waals surface area contributed by atoms with Crippen LogP contribution in [-0.4, -0.2) is 66.0 Å². The van der Waals surface area contributed by atoms with Crippen molar-refractivity contribution in [2.75, 3.05) is 32.7 Å². The zero-order valence-electron chi connectivity index (χ0n) is 22.6. The maximum absolute atomic E-state index is 13.1. The van der Waals surface area contributed by atoms with Crippen LogP contribution >= 0.6 is 0 Å². The number of nitrogens with one attached hydrogen (secondary N) is 1. The highest BCUT2D eigenvalue weighted by molar-refractivity contribution is 5.76. The van der Waals surface area contributed by atoms with Gasteiger partial charge in [0.1, 0.15) is 12.0 Å². The number of nitrogens with zero attached hydrogens (tertiary/aromatic N) is 1. The highest BCUT2D eigenvalue weighted by atomic mass is 16.6. The average Bonchev–Trinajstić information content (AvgIpc) is 3.26. The van der Waals surface area contributed by atoms with Crippen molar-refractivity contribution in [3.8, 4) is 0 Å². The number of benzene rings is 2. The molecule has 1 saturated carbocycles. The molecule has 0 radical (unpaired) electrons. The Morgan fingerprint density at radius 2 is 1.66 bits per heavy atom. The van der Waals surface area contributed by atoms with Crippen molar-refractivity contribution in [3.63, 3.8) is 0 Å². The third-order valence-electron chi connectivity index (χ3n) is 10.4. The number of aliphatic hydroxyl groups is 2. The number of aliphatic hydroxyl groups excluding tert-OH is 1. The van der Waals surface area contributed by atoms with E-state index in [2.05, 4.69) is 24.8 Å². The van der Waals surface area contributed by atoms with Gasteiger partial charge < -0.3 is 19.8 Å². The van der Waals surface area contributed by atoms with Gasteiger partial charge in [0.25, 0.3) is 0 Å². The van der Waals surface area contributed by atoms with Gasteiger partial charge >= 0.3 is 5.97 Å². The molecule has 2 aromatic rings. The topological polar surface area (TPSA) is 74.4 Å². The first kappa shape index (κ1) is 25.8. The van der Waals surface area contributed by atoms with Crippen molar-refractivity contribution in [1.29, 1.82) is 0 Å². The first-order chi connectivity index (χ1) is 18.3. The fourth-order valence-electron chi connectivity index (χ4n) is 7.83. The molecule has 2 aliphatic carbocycles. The van der Waals surface area contributed by atoms with Crippen LogP contribution < -0.4 is 4.90 Å². The van der Waals surface area contributed by atoms with E-state index in [9.17, 15) is 15.0 Å². The van der Waals surface area contributed by atoms with Crippen LogP contribution in [0.4, 0.5) is 0 Å². The van der Waals surface area contributed by atoms with Crippen molar-refractivity contribution >= 4 is 5.97 Å². The van der Waals surface area contributed by atoms with E-state index in [0.717, 1.165) is 43.5 Å². The lowest BCUT2D eigenvalue weighted by atomic mass is 9.55. The Hall–Kier alpha value is -2.51. The maximum Gasteiger partial charge on any atom is 0.315 e. The van der Waals surface area contributed by atoms with Crippen molar-refractivity contribution < 1.29 is 24.6 Å². The van der Waals surface area contributed by atoms with Crippen LogP contribution in [0, 0.1) is 23.2 Å². The number of hydrogen-bond donors (Lipinski definition) is 3. The Bertz CT molecular complexity index is 1140. The monoisotopic (exact) mass is 517 g/mol. The van der Waals surface area contributed by atoms with Crippen LogP contribution in [0.15, 0.2) is 72.3 Å². The third kappa shape index (κ3) is 4.04. The molecule has 4 aliphatic rings. The number of ether oxygens (including phenoxy) is 1. The molecule has 6 nitrogen and oxygen atoms in total. The molecule has 2 saturated heterocycles. The molecular formula is C32H41N2O4+. The zero-order chi connectivity index (χ0) is 26.5. The minimum atomic E-state index is -1.21. The smallest absolute Gasteiger partial charge is 0.315 e. The summed E-state index contributed by atoms with van der Waals surface area (Å²) in [6.45, 7) is 8.16. The lowest BCUT2D eigenvalue weighted by Crippen LogP contribution is -3.15. The van der Waals surface area contributed by atoms with E-state index in [1.165, 1.54) is 10.5 Å². The zero-order valence-corrected chi connectivity index (χ0v) is 22.6. The van der Waals surface area contributed by atoms with Gasteiger partial charge in [-0.25, -0.2) is 0 Å². The molecule has 0 aromatic heterocycles. The minimum Gasteiger partial charge on any atom is -0.461 e. The summed E-state index contributed by atoms with van der Waals surface area (Å²) >= 11 is 0. The molecular weight excluding hydrogens is 476 g/mol. The van der Waals surface area contributed by atoms with Crippen molar-refractivity contribution in [2.45, 2.75) is 51.0 Å². The molecule has 6 heteroatoms. The molecule has 3 fully saturated rings. The highest BCUT2D eigenvalue weighted by Gasteiger charge is 2.60. The Morgan fingerprint density at radius 1 is 1.05 bits per heavy atom. The fourth-order valence-corrected chi connectivity index (χ4v) is 7.83. The van der Waals surface area contributed by atoms with E-state index in [1.54, 1.807) is 0 Å². The molecule has 2 aliphatic heterocycles. The standard InChI is InChI=1S/C32H40N2O4/c1-22-10-9-15-25-20-27-28(29(35)31(22,25)2)26(30(36)38-27)21-33-16-18-34(19-17-33)32(37,23-11-5-3-6-12-23)24-13-7-4-8-14-24/h3-8,11-15,22,26-29,35,37H,9-10,16-21H2,1-2H3/p+1/t22-,26-,27+,28+,29+,31+/m0/s1. The molecule has 202 valence electrons. The molecule has 2 aromatic carbocycles.